The van der Waals surface area contributed by atoms with Gasteiger partial charge >= 0.3 is 0 Å². The van der Waals surface area contributed by atoms with Gasteiger partial charge in [-0.2, -0.15) is 5.10 Å². The van der Waals surface area contributed by atoms with E-state index in [0.29, 0.717) is 11.8 Å². The molecule has 21 heavy (non-hydrogen) atoms. The van der Waals surface area contributed by atoms with Crippen molar-refractivity contribution in [2.45, 2.75) is 47.1 Å². The Morgan fingerprint density at radius 2 is 1.90 bits per heavy atom. The molecule has 0 aliphatic heterocycles. The Balaban J connectivity index is 2.11. The number of hydrogen-bond acceptors (Lipinski definition) is 2. The average Bonchev–Trinajstić information content (AvgIpc) is 2.88. The number of benzene rings is 1. The van der Waals surface area contributed by atoms with Gasteiger partial charge in [-0.1, -0.05) is 39.8 Å². The van der Waals surface area contributed by atoms with E-state index < -0.39 is 0 Å². The van der Waals surface area contributed by atoms with Crippen LogP contribution in [0.15, 0.2) is 30.5 Å². The summed E-state index contributed by atoms with van der Waals surface area (Å²) in [5.74, 6) is 1.15. The van der Waals surface area contributed by atoms with Gasteiger partial charge in [0.15, 0.2) is 0 Å². The minimum Gasteiger partial charge on any atom is -0.312 e. The van der Waals surface area contributed by atoms with Crippen LogP contribution in [0.5, 0.6) is 0 Å². The molecule has 0 saturated heterocycles. The lowest BCUT2D eigenvalue weighted by molar-refractivity contribution is 0.552. The van der Waals surface area contributed by atoms with Gasteiger partial charge in [-0.3, -0.25) is 0 Å². The maximum absolute atomic E-state index is 4.66. The fraction of sp³-hybridized carbons (Fsp3) is 0.500. The first kappa shape index (κ1) is 15.8. The van der Waals surface area contributed by atoms with Gasteiger partial charge in [-0.15, -0.1) is 0 Å². The molecule has 0 unspecified atom stereocenters. The molecule has 3 heteroatoms. The molecule has 0 fully saturated rings. The Morgan fingerprint density at radius 1 is 1.14 bits per heavy atom. The van der Waals surface area contributed by atoms with Crippen LogP contribution in [-0.4, -0.2) is 16.3 Å². The Labute approximate surface area is 128 Å². The second-order valence-corrected chi connectivity index (χ2v) is 6.49. The van der Waals surface area contributed by atoms with Crippen LogP contribution < -0.4 is 5.32 Å². The number of hydrogen-bond donors (Lipinski definition) is 1. The zero-order valence-electron chi connectivity index (χ0n) is 13.9. The summed E-state index contributed by atoms with van der Waals surface area (Å²) in [6.45, 7) is 12.9. The van der Waals surface area contributed by atoms with E-state index in [1.165, 1.54) is 11.1 Å². The van der Waals surface area contributed by atoms with Crippen molar-refractivity contribution in [3.8, 4) is 5.69 Å². The Bertz CT molecular complexity index is 582. The Kier molecular flexibility index (Phi) is 5.18. The molecule has 2 aromatic rings. The van der Waals surface area contributed by atoms with E-state index in [0.717, 1.165) is 24.5 Å². The molecule has 0 atom stereocenters. The molecule has 0 amide bonds. The number of rotatable bonds is 6. The molecule has 0 bridgehead atoms. The smallest absolute Gasteiger partial charge is 0.0675 e. The minimum atomic E-state index is 0.464. The highest BCUT2D eigenvalue weighted by atomic mass is 15.3. The first-order valence-electron chi connectivity index (χ1n) is 7.83. The number of aryl methyl sites for hydroxylation is 1. The van der Waals surface area contributed by atoms with E-state index in [4.69, 9.17) is 0 Å². The molecule has 3 nitrogen and oxygen atoms in total. The van der Waals surface area contributed by atoms with Crippen molar-refractivity contribution >= 4 is 0 Å². The number of nitrogens with one attached hydrogen (secondary N) is 1. The fourth-order valence-corrected chi connectivity index (χ4v) is 2.37. The van der Waals surface area contributed by atoms with Gasteiger partial charge in [0.2, 0.25) is 0 Å². The van der Waals surface area contributed by atoms with E-state index >= 15 is 0 Å². The van der Waals surface area contributed by atoms with Crippen LogP contribution >= 0.6 is 0 Å². The molecule has 1 aromatic carbocycles. The van der Waals surface area contributed by atoms with Crippen molar-refractivity contribution in [3.05, 3.63) is 47.3 Å². The highest BCUT2D eigenvalue weighted by molar-refractivity contribution is 5.42. The molecule has 0 aliphatic rings. The molecule has 0 radical (unpaired) electrons. The van der Waals surface area contributed by atoms with E-state index in [1.54, 1.807) is 0 Å². The minimum absolute atomic E-state index is 0.464. The van der Waals surface area contributed by atoms with Crippen molar-refractivity contribution in [1.29, 1.82) is 0 Å². The average molecular weight is 285 g/mol. The second-order valence-electron chi connectivity index (χ2n) is 6.49. The monoisotopic (exact) mass is 285 g/mol. The maximum Gasteiger partial charge on any atom is 0.0675 e. The molecule has 1 N–H and O–H groups in total. The van der Waals surface area contributed by atoms with Crippen molar-refractivity contribution in [1.82, 2.24) is 15.1 Å². The van der Waals surface area contributed by atoms with Gasteiger partial charge in [0.05, 0.1) is 11.4 Å². The molecule has 114 valence electrons. The maximum atomic E-state index is 4.66. The van der Waals surface area contributed by atoms with Gasteiger partial charge < -0.3 is 5.32 Å². The summed E-state index contributed by atoms with van der Waals surface area (Å²) in [5.41, 5.74) is 4.89. The zero-order chi connectivity index (χ0) is 15.4. The Morgan fingerprint density at radius 3 is 2.48 bits per heavy atom. The molecule has 0 aliphatic carbocycles. The first-order chi connectivity index (χ1) is 9.97. The SMILES string of the molecule is Cc1cc(CNCC(C)C)ccc1-n1ccc(C(C)C)n1. The molecule has 1 aromatic heterocycles. The summed E-state index contributed by atoms with van der Waals surface area (Å²) in [6, 6.07) is 8.70. The third-order valence-corrected chi connectivity index (χ3v) is 3.59. The predicted molar refractivity (Wildman–Crippen MR) is 88.9 cm³/mol. The van der Waals surface area contributed by atoms with Crippen LogP contribution in [0, 0.1) is 12.8 Å². The summed E-state index contributed by atoms with van der Waals surface area (Å²) in [5, 5.41) is 8.14. The van der Waals surface area contributed by atoms with Crippen LogP contribution in [0.3, 0.4) is 0 Å². The third kappa shape index (κ3) is 4.18. The molecule has 2 rings (SSSR count). The zero-order valence-corrected chi connectivity index (χ0v) is 13.9. The number of nitrogens with zero attached hydrogens (tertiary/aromatic N) is 2. The van der Waals surface area contributed by atoms with Gasteiger partial charge in [-0.05, 0) is 48.6 Å². The van der Waals surface area contributed by atoms with Crippen LogP contribution in [0.2, 0.25) is 0 Å². The van der Waals surface area contributed by atoms with E-state index in [9.17, 15) is 0 Å². The van der Waals surface area contributed by atoms with Crippen molar-refractivity contribution in [2.75, 3.05) is 6.54 Å². The van der Waals surface area contributed by atoms with Gasteiger partial charge in [0.1, 0.15) is 0 Å². The van der Waals surface area contributed by atoms with Gasteiger partial charge in [0.25, 0.3) is 0 Å². The lowest BCUT2D eigenvalue weighted by Crippen LogP contribution is -2.19. The normalized spacial score (nSPS) is 11.6. The lowest BCUT2D eigenvalue weighted by atomic mass is 10.1. The summed E-state index contributed by atoms with van der Waals surface area (Å²) < 4.78 is 1.98. The first-order valence-corrected chi connectivity index (χ1v) is 7.83. The Hall–Kier alpha value is -1.61. The van der Waals surface area contributed by atoms with E-state index in [1.807, 2.05) is 10.9 Å². The quantitative estimate of drug-likeness (QED) is 0.867. The van der Waals surface area contributed by atoms with E-state index in [2.05, 4.69) is 69.3 Å². The van der Waals surface area contributed by atoms with E-state index in [-0.39, 0.29) is 0 Å². The van der Waals surface area contributed by atoms with Gasteiger partial charge in [-0.25, -0.2) is 4.68 Å². The van der Waals surface area contributed by atoms with Crippen LogP contribution in [0.1, 0.15) is 50.4 Å². The van der Waals surface area contributed by atoms with Crippen LogP contribution in [0.4, 0.5) is 0 Å². The topological polar surface area (TPSA) is 29.9 Å². The highest BCUT2D eigenvalue weighted by Crippen LogP contribution is 2.18. The van der Waals surface area contributed by atoms with Crippen LogP contribution in [-0.2, 0) is 6.54 Å². The summed E-state index contributed by atoms with van der Waals surface area (Å²) >= 11 is 0. The number of aromatic nitrogens is 2. The molecular weight excluding hydrogens is 258 g/mol. The summed E-state index contributed by atoms with van der Waals surface area (Å²) in [4.78, 5) is 0. The van der Waals surface area contributed by atoms with Crippen LogP contribution in [0.25, 0.3) is 5.69 Å². The second kappa shape index (κ2) is 6.90. The lowest BCUT2D eigenvalue weighted by Gasteiger charge is -2.11. The predicted octanol–water partition coefficient (Wildman–Crippen LogP) is 4.05. The van der Waals surface area contributed by atoms with Crippen molar-refractivity contribution in [3.63, 3.8) is 0 Å². The van der Waals surface area contributed by atoms with Crippen molar-refractivity contribution in [2.24, 2.45) is 5.92 Å². The fourth-order valence-electron chi connectivity index (χ4n) is 2.37. The summed E-state index contributed by atoms with van der Waals surface area (Å²) in [7, 11) is 0. The molecule has 0 spiro atoms. The molecule has 0 saturated carbocycles. The largest absolute Gasteiger partial charge is 0.312 e. The molecule has 1 heterocycles. The summed E-state index contributed by atoms with van der Waals surface area (Å²) in [6.07, 6.45) is 2.05. The van der Waals surface area contributed by atoms with Gasteiger partial charge in [0, 0.05) is 12.7 Å². The third-order valence-electron chi connectivity index (χ3n) is 3.59. The standard InChI is InChI=1S/C18H27N3/c1-13(2)11-19-12-16-6-7-18(15(5)10-16)21-9-8-17(20-21)14(3)4/h6-10,13-14,19H,11-12H2,1-5H3. The van der Waals surface area contributed by atoms with Crippen molar-refractivity contribution < 1.29 is 0 Å². The highest BCUT2D eigenvalue weighted by Gasteiger charge is 2.07. The molecular formula is C18H27N3.